The molecule has 2 rings (SSSR count). The lowest BCUT2D eigenvalue weighted by Crippen LogP contribution is -1.96. The van der Waals surface area contributed by atoms with Gasteiger partial charge in [0.2, 0.25) is 0 Å². The minimum Gasteiger partial charge on any atom is -0.490 e. The lowest BCUT2D eigenvalue weighted by molar-refractivity contribution is 0.318. The van der Waals surface area contributed by atoms with Gasteiger partial charge in [-0.05, 0) is 42.3 Å². The first-order valence-corrected chi connectivity index (χ1v) is 8.66. The highest BCUT2D eigenvalue weighted by molar-refractivity contribution is 6.37. The van der Waals surface area contributed by atoms with Crippen LogP contribution in [0.4, 0.5) is 0 Å². The Balaban J connectivity index is 2.43. The van der Waals surface area contributed by atoms with Crippen LogP contribution in [0.1, 0.15) is 24.5 Å². The number of rotatable bonds is 5. The van der Waals surface area contributed by atoms with Gasteiger partial charge in [-0.15, -0.1) is 0 Å². The van der Waals surface area contributed by atoms with Crippen molar-refractivity contribution in [3.63, 3.8) is 0 Å². The van der Waals surface area contributed by atoms with E-state index in [-0.39, 0.29) is 0 Å². The maximum atomic E-state index is 9.44. The van der Waals surface area contributed by atoms with Crippen LogP contribution in [0.3, 0.4) is 0 Å². The molecule has 0 heterocycles. The Kier molecular flexibility index (Phi) is 6.83. The van der Waals surface area contributed by atoms with Crippen molar-refractivity contribution in [3.05, 3.63) is 61.5 Å². The minimum atomic E-state index is 0.381. The van der Waals surface area contributed by atoms with Crippen molar-refractivity contribution in [2.75, 3.05) is 6.61 Å². The van der Waals surface area contributed by atoms with Gasteiger partial charge in [0.1, 0.15) is 0 Å². The fraction of sp³-hybridized carbons (Fsp3) is 0.167. The monoisotopic (exact) mass is 399 g/mol. The van der Waals surface area contributed by atoms with Gasteiger partial charge in [-0.25, -0.2) is 0 Å². The van der Waals surface area contributed by atoms with Gasteiger partial charge < -0.3 is 4.74 Å². The number of nitriles is 1. The number of halogens is 4. The van der Waals surface area contributed by atoms with E-state index in [1.165, 1.54) is 0 Å². The summed E-state index contributed by atoms with van der Waals surface area (Å²) in [5, 5.41) is 11.1. The number of benzene rings is 2. The summed E-state index contributed by atoms with van der Waals surface area (Å²) in [5.41, 5.74) is 1.64. The van der Waals surface area contributed by atoms with E-state index in [0.29, 0.717) is 49.1 Å². The van der Waals surface area contributed by atoms with Gasteiger partial charge in [-0.3, -0.25) is 0 Å². The molecule has 0 aromatic heterocycles. The smallest absolute Gasteiger partial charge is 0.156 e. The topological polar surface area (TPSA) is 33.0 Å². The van der Waals surface area contributed by atoms with Crippen LogP contribution in [0.15, 0.2) is 30.3 Å². The third-order valence-corrected chi connectivity index (χ3v) is 4.23. The number of nitrogens with zero attached hydrogens (tertiary/aromatic N) is 1. The molecule has 2 nitrogen and oxygen atoms in total. The molecular formula is C18H13Cl4NO. The summed E-state index contributed by atoms with van der Waals surface area (Å²) in [6.07, 6.45) is 2.51. The maximum absolute atomic E-state index is 9.44. The molecule has 0 aliphatic carbocycles. The predicted molar refractivity (Wildman–Crippen MR) is 102 cm³/mol. The molecule has 0 N–H and O–H groups in total. The summed E-state index contributed by atoms with van der Waals surface area (Å²) < 4.78 is 5.53. The van der Waals surface area contributed by atoms with E-state index in [1.54, 1.807) is 36.4 Å². The van der Waals surface area contributed by atoms with E-state index in [2.05, 4.69) is 6.07 Å². The Morgan fingerprint density at radius 3 is 2.29 bits per heavy atom. The van der Waals surface area contributed by atoms with Crippen molar-refractivity contribution < 1.29 is 4.74 Å². The minimum absolute atomic E-state index is 0.381. The first-order valence-electron chi connectivity index (χ1n) is 7.15. The molecule has 124 valence electrons. The molecule has 0 amide bonds. The van der Waals surface area contributed by atoms with Crippen LogP contribution in [-0.2, 0) is 0 Å². The van der Waals surface area contributed by atoms with Crippen LogP contribution in [0.5, 0.6) is 5.75 Å². The lowest BCUT2D eigenvalue weighted by atomic mass is 10.0. The average molecular weight is 401 g/mol. The van der Waals surface area contributed by atoms with Crippen molar-refractivity contribution in [1.29, 1.82) is 5.26 Å². The van der Waals surface area contributed by atoms with Gasteiger partial charge in [0, 0.05) is 10.6 Å². The molecule has 0 spiro atoms. The molecule has 0 atom stereocenters. The molecule has 2 aromatic rings. The first kappa shape index (κ1) is 19.0. The molecule has 0 saturated carbocycles. The second-order valence-electron chi connectivity index (χ2n) is 4.96. The van der Waals surface area contributed by atoms with E-state index in [0.717, 1.165) is 6.42 Å². The molecule has 0 unspecified atom stereocenters. The SMILES string of the molecule is CCCOc1c(Cl)cc(/C=C(\C#N)c2ccc(Cl)cc2Cl)cc1Cl. The largest absolute Gasteiger partial charge is 0.490 e. The lowest BCUT2D eigenvalue weighted by Gasteiger charge is -2.10. The molecule has 2 aromatic carbocycles. The van der Waals surface area contributed by atoms with Gasteiger partial charge >= 0.3 is 0 Å². The fourth-order valence-corrected chi connectivity index (χ4v) is 3.17. The zero-order chi connectivity index (χ0) is 17.7. The van der Waals surface area contributed by atoms with Crippen LogP contribution in [0, 0.1) is 11.3 Å². The normalized spacial score (nSPS) is 11.2. The highest BCUT2D eigenvalue weighted by Crippen LogP contribution is 2.36. The summed E-state index contributed by atoms with van der Waals surface area (Å²) in [6, 6.07) is 10.5. The Labute approximate surface area is 161 Å². The van der Waals surface area contributed by atoms with E-state index >= 15 is 0 Å². The van der Waals surface area contributed by atoms with Gasteiger partial charge in [-0.1, -0.05) is 59.4 Å². The third kappa shape index (κ3) is 4.59. The fourth-order valence-electron chi connectivity index (χ4n) is 2.05. The van der Waals surface area contributed by atoms with Gasteiger partial charge in [-0.2, -0.15) is 5.26 Å². The molecule has 0 bridgehead atoms. The summed E-state index contributed by atoms with van der Waals surface area (Å²) in [7, 11) is 0. The van der Waals surface area contributed by atoms with E-state index < -0.39 is 0 Å². The van der Waals surface area contributed by atoms with E-state index in [1.807, 2.05) is 6.92 Å². The van der Waals surface area contributed by atoms with Crippen molar-refractivity contribution in [1.82, 2.24) is 0 Å². The Bertz CT molecular complexity index is 801. The van der Waals surface area contributed by atoms with Crippen molar-refractivity contribution in [2.45, 2.75) is 13.3 Å². The zero-order valence-electron chi connectivity index (χ0n) is 12.7. The second kappa shape index (κ2) is 8.65. The zero-order valence-corrected chi connectivity index (χ0v) is 15.8. The predicted octanol–water partition coefficient (Wildman–Crippen LogP) is 7.15. The molecular weight excluding hydrogens is 388 g/mol. The molecule has 6 heteroatoms. The molecule has 0 aliphatic rings. The van der Waals surface area contributed by atoms with Gasteiger partial charge in [0.05, 0.1) is 33.3 Å². The second-order valence-corrected chi connectivity index (χ2v) is 6.61. The summed E-state index contributed by atoms with van der Waals surface area (Å²) in [4.78, 5) is 0. The Hall–Kier alpha value is -1.37. The van der Waals surface area contributed by atoms with E-state index in [9.17, 15) is 5.26 Å². The highest BCUT2D eigenvalue weighted by atomic mass is 35.5. The molecule has 0 fully saturated rings. The van der Waals surface area contributed by atoms with Gasteiger partial charge in [0.25, 0.3) is 0 Å². The summed E-state index contributed by atoms with van der Waals surface area (Å²) in [6.45, 7) is 2.52. The molecule has 0 saturated heterocycles. The van der Waals surface area contributed by atoms with Crippen LogP contribution >= 0.6 is 46.4 Å². The number of hydrogen-bond donors (Lipinski definition) is 0. The van der Waals surface area contributed by atoms with Crippen LogP contribution < -0.4 is 4.74 Å². The van der Waals surface area contributed by atoms with Gasteiger partial charge in [0.15, 0.2) is 5.75 Å². The molecule has 0 aliphatic heterocycles. The number of hydrogen-bond acceptors (Lipinski definition) is 2. The Morgan fingerprint density at radius 2 is 1.75 bits per heavy atom. The Morgan fingerprint density at radius 1 is 1.08 bits per heavy atom. The highest BCUT2D eigenvalue weighted by Gasteiger charge is 2.11. The number of allylic oxidation sites excluding steroid dienone is 1. The quantitative estimate of drug-likeness (QED) is 0.394. The first-order chi connectivity index (χ1) is 11.5. The summed E-state index contributed by atoms with van der Waals surface area (Å²) in [5.74, 6) is 0.445. The molecule has 0 radical (unpaired) electrons. The van der Waals surface area contributed by atoms with Crippen molar-refractivity contribution in [3.8, 4) is 11.8 Å². The maximum Gasteiger partial charge on any atom is 0.156 e. The standard InChI is InChI=1S/C18H13Cl4NO/c1-2-5-24-18-16(21)7-11(8-17(18)22)6-12(10-23)14-4-3-13(19)9-15(14)20/h3-4,6-9H,2,5H2,1H3/b12-6+. The number of ether oxygens (including phenoxy) is 1. The average Bonchev–Trinajstić information content (AvgIpc) is 2.52. The van der Waals surface area contributed by atoms with Crippen LogP contribution in [0.25, 0.3) is 11.6 Å². The van der Waals surface area contributed by atoms with Crippen LogP contribution in [-0.4, -0.2) is 6.61 Å². The van der Waals surface area contributed by atoms with Crippen molar-refractivity contribution in [2.24, 2.45) is 0 Å². The summed E-state index contributed by atoms with van der Waals surface area (Å²) >= 11 is 24.5. The van der Waals surface area contributed by atoms with Crippen LogP contribution in [0.2, 0.25) is 20.1 Å². The third-order valence-electron chi connectivity index (χ3n) is 3.12. The van der Waals surface area contributed by atoms with Crippen molar-refractivity contribution >= 4 is 58.1 Å². The van der Waals surface area contributed by atoms with E-state index in [4.69, 9.17) is 51.1 Å². The molecule has 24 heavy (non-hydrogen) atoms.